The Morgan fingerprint density at radius 1 is 1.25 bits per heavy atom. The van der Waals surface area contributed by atoms with Crippen molar-refractivity contribution in [1.82, 2.24) is 15.6 Å². The molecule has 1 amide bonds. The lowest BCUT2D eigenvalue weighted by Crippen LogP contribution is -2.36. The molecule has 3 rings (SSSR count). The summed E-state index contributed by atoms with van der Waals surface area (Å²) in [4.78, 5) is 15.2. The predicted octanol–water partition coefficient (Wildman–Crippen LogP) is 1.91. The van der Waals surface area contributed by atoms with Gasteiger partial charge in [-0.1, -0.05) is 12.1 Å². The van der Waals surface area contributed by atoms with Gasteiger partial charge in [0.25, 0.3) is 5.91 Å². The van der Waals surface area contributed by atoms with Crippen molar-refractivity contribution in [2.45, 2.75) is 12.5 Å². The smallest absolute Gasteiger partial charge is 0.253 e. The molecule has 20 heavy (non-hydrogen) atoms. The number of halogens is 1. The zero-order valence-corrected chi connectivity index (χ0v) is 10.9. The van der Waals surface area contributed by atoms with E-state index >= 15 is 0 Å². The predicted molar refractivity (Wildman–Crippen MR) is 74.9 cm³/mol. The van der Waals surface area contributed by atoms with Crippen LogP contribution in [0.1, 0.15) is 16.8 Å². The lowest BCUT2D eigenvalue weighted by atomic mass is 10.0. The molecule has 1 unspecified atom stereocenters. The van der Waals surface area contributed by atoms with Gasteiger partial charge in [0.2, 0.25) is 0 Å². The number of rotatable bonds is 3. The van der Waals surface area contributed by atoms with E-state index in [4.69, 9.17) is 0 Å². The van der Waals surface area contributed by atoms with Crippen LogP contribution in [0.25, 0.3) is 11.1 Å². The molecule has 3 N–H and O–H groups in total. The summed E-state index contributed by atoms with van der Waals surface area (Å²) in [6, 6.07) is 6.31. The molecule has 1 aromatic heterocycles. The van der Waals surface area contributed by atoms with Gasteiger partial charge in [0.15, 0.2) is 0 Å². The second kappa shape index (κ2) is 5.46. The Hall–Kier alpha value is -2.14. The summed E-state index contributed by atoms with van der Waals surface area (Å²) >= 11 is 0. The van der Waals surface area contributed by atoms with Crippen molar-refractivity contribution >= 4 is 5.91 Å². The molecule has 104 valence electrons. The first kappa shape index (κ1) is 12.9. The Kier molecular flexibility index (Phi) is 3.52. The highest BCUT2D eigenvalue weighted by Crippen LogP contribution is 2.23. The third-order valence-electron chi connectivity index (χ3n) is 3.54. The van der Waals surface area contributed by atoms with Gasteiger partial charge in [-0.3, -0.25) is 4.79 Å². The zero-order valence-electron chi connectivity index (χ0n) is 10.9. The van der Waals surface area contributed by atoms with Crippen molar-refractivity contribution < 1.29 is 9.18 Å². The van der Waals surface area contributed by atoms with Crippen molar-refractivity contribution in [3.05, 3.63) is 48.0 Å². The van der Waals surface area contributed by atoms with Crippen molar-refractivity contribution in [3.8, 4) is 11.1 Å². The quantitative estimate of drug-likeness (QED) is 0.800. The van der Waals surface area contributed by atoms with Gasteiger partial charge in [0.1, 0.15) is 5.82 Å². The van der Waals surface area contributed by atoms with E-state index in [1.54, 1.807) is 24.5 Å². The number of H-pyrrole nitrogens is 1. The first-order valence-corrected chi connectivity index (χ1v) is 6.68. The van der Waals surface area contributed by atoms with Gasteiger partial charge in [-0.25, -0.2) is 4.39 Å². The van der Waals surface area contributed by atoms with Crippen LogP contribution in [0.4, 0.5) is 4.39 Å². The van der Waals surface area contributed by atoms with E-state index in [1.807, 2.05) is 0 Å². The number of aromatic nitrogens is 1. The van der Waals surface area contributed by atoms with Crippen LogP contribution >= 0.6 is 0 Å². The van der Waals surface area contributed by atoms with Gasteiger partial charge in [0.05, 0.1) is 5.56 Å². The minimum Gasteiger partial charge on any atom is -0.366 e. The first-order chi connectivity index (χ1) is 9.74. The third-order valence-corrected chi connectivity index (χ3v) is 3.54. The van der Waals surface area contributed by atoms with Crippen molar-refractivity contribution in [3.63, 3.8) is 0 Å². The Morgan fingerprint density at radius 2 is 2.05 bits per heavy atom. The summed E-state index contributed by atoms with van der Waals surface area (Å²) < 4.78 is 13.0. The van der Waals surface area contributed by atoms with E-state index in [9.17, 15) is 9.18 Å². The van der Waals surface area contributed by atoms with Crippen molar-refractivity contribution in [2.75, 3.05) is 13.1 Å². The average Bonchev–Trinajstić information content (AvgIpc) is 3.10. The summed E-state index contributed by atoms with van der Waals surface area (Å²) in [6.07, 6.45) is 4.38. The zero-order chi connectivity index (χ0) is 13.9. The molecule has 1 fully saturated rings. The van der Waals surface area contributed by atoms with Crippen LogP contribution in [0.3, 0.4) is 0 Å². The molecule has 2 heterocycles. The van der Waals surface area contributed by atoms with Crippen LogP contribution in [-0.4, -0.2) is 30.0 Å². The maximum atomic E-state index is 13.0. The molecule has 1 aliphatic heterocycles. The monoisotopic (exact) mass is 273 g/mol. The molecule has 0 radical (unpaired) electrons. The summed E-state index contributed by atoms with van der Waals surface area (Å²) in [6.45, 7) is 1.74. The van der Waals surface area contributed by atoms with Gasteiger partial charge in [-0.05, 0) is 30.7 Å². The topological polar surface area (TPSA) is 56.9 Å². The van der Waals surface area contributed by atoms with Crippen molar-refractivity contribution in [1.29, 1.82) is 0 Å². The highest BCUT2D eigenvalue weighted by Gasteiger charge is 2.20. The Balaban J connectivity index is 1.82. The molecule has 4 nitrogen and oxygen atoms in total. The van der Waals surface area contributed by atoms with Crippen LogP contribution < -0.4 is 10.6 Å². The Bertz CT molecular complexity index is 600. The lowest BCUT2D eigenvalue weighted by Gasteiger charge is -2.11. The molecule has 1 atom stereocenters. The van der Waals surface area contributed by atoms with Gasteiger partial charge in [0, 0.05) is 30.5 Å². The molecule has 5 heteroatoms. The standard InChI is InChI=1S/C15H16FN3O/c16-11-3-1-10(2-4-11)13-8-18-9-14(13)15(20)19-12-5-6-17-7-12/h1-4,8-9,12,17-18H,5-7H2,(H,19,20). The summed E-state index contributed by atoms with van der Waals surface area (Å²) in [5.41, 5.74) is 2.19. The molecule has 0 bridgehead atoms. The van der Waals surface area contributed by atoms with E-state index in [0.29, 0.717) is 5.56 Å². The summed E-state index contributed by atoms with van der Waals surface area (Å²) in [5.74, 6) is -0.383. The number of aromatic amines is 1. The molecule has 1 saturated heterocycles. The number of hydrogen-bond donors (Lipinski definition) is 3. The second-order valence-corrected chi connectivity index (χ2v) is 4.95. The average molecular weight is 273 g/mol. The molecule has 0 aliphatic carbocycles. The van der Waals surface area contributed by atoms with Gasteiger partial charge < -0.3 is 15.6 Å². The number of hydrogen-bond acceptors (Lipinski definition) is 2. The Morgan fingerprint density at radius 3 is 2.75 bits per heavy atom. The molecule has 1 aromatic carbocycles. The molecule has 2 aromatic rings. The third kappa shape index (κ3) is 2.58. The SMILES string of the molecule is O=C(NC1CCNC1)c1c[nH]cc1-c1ccc(F)cc1. The maximum Gasteiger partial charge on any atom is 0.253 e. The maximum absolute atomic E-state index is 13.0. The van der Waals surface area contributed by atoms with Crippen LogP contribution in [-0.2, 0) is 0 Å². The number of carbonyl (C=O) groups excluding carboxylic acids is 1. The number of carbonyl (C=O) groups is 1. The number of benzene rings is 1. The summed E-state index contributed by atoms with van der Waals surface area (Å²) in [5, 5.41) is 6.22. The molecule has 0 saturated carbocycles. The van der Waals surface area contributed by atoms with E-state index in [0.717, 1.165) is 30.6 Å². The van der Waals surface area contributed by atoms with Crippen LogP contribution in [0, 0.1) is 5.82 Å². The number of amides is 1. The molecular formula is C15H16FN3O. The van der Waals surface area contributed by atoms with Crippen LogP contribution in [0.2, 0.25) is 0 Å². The van der Waals surface area contributed by atoms with E-state index in [2.05, 4.69) is 15.6 Å². The highest BCUT2D eigenvalue weighted by atomic mass is 19.1. The fourth-order valence-electron chi connectivity index (χ4n) is 2.46. The fraction of sp³-hybridized carbons (Fsp3) is 0.267. The summed E-state index contributed by atoms with van der Waals surface area (Å²) in [7, 11) is 0. The molecule has 1 aliphatic rings. The molecular weight excluding hydrogens is 257 g/mol. The van der Waals surface area contributed by atoms with Crippen molar-refractivity contribution in [2.24, 2.45) is 0 Å². The first-order valence-electron chi connectivity index (χ1n) is 6.68. The minimum atomic E-state index is -0.285. The van der Waals surface area contributed by atoms with Crippen LogP contribution in [0.5, 0.6) is 0 Å². The fourth-order valence-corrected chi connectivity index (χ4v) is 2.46. The number of nitrogens with one attached hydrogen (secondary N) is 3. The lowest BCUT2D eigenvalue weighted by molar-refractivity contribution is 0.0941. The van der Waals surface area contributed by atoms with Gasteiger partial charge in [-0.15, -0.1) is 0 Å². The second-order valence-electron chi connectivity index (χ2n) is 4.95. The van der Waals surface area contributed by atoms with E-state index < -0.39 is 0 Å². The highest BCUT2D eigenvalue weighted by molar-refractivity contribution is 6.00. The normalized spacial score (nSPS) is 18.1. The minimum absolute atomic E-state index is 0.0979. The van der Waals surface area contributed by atoms with Gasteiger partial charge >= 0.3 is 0 Å². The Labute approximate surface area is 116 Å². The van der Waals surface area contributed by atoms with E-state index in [1.165, 1.54) is 12.1 Å². The van der Waals surface area contributed by atoms with Crippen LogP contribution in [0.15, 0.2) is 36.7 Å². The van der Waals surface area contributed by atoms with Gasteiger partial charge in [-0.2, -0.15) is 0 Å². The van der Waals surface area contributed by atoms with E-state index in [-0.39, 0.29) is 17.8 Å². The largest absolute Gasteiger partial charge is 0.366 e. The molecule has 0 spiro atoms.